The van der Waals surface area contributed by atoms with E-state index in [1.54, 1.807) is 6.07 Å². The van der Waals surface area contributed by atoms with Crippen molar-refractivity contribution in [2.45, 2.75) is 19.3 Å². The summed E-state index contributed by atoms with van der Waals surface area (Å²) in [5.41, 5.74) is 0.749. The highest BCUT2D eigenvalue weighted by atomic mass is 79.9. The van der Waals surface area contributed by atoms with E-state index in [2.05, 4.69) is 15.9 Å². The summed E-state index contributed by atoms with van der Waals surface area (Å²) in [6.07, 6.45) is 4.46. The van der Waals surface area contributed by atoms with Crippen LogP contribution in [-0.4, -0.2) is 5.78 Å². The summed E-state index contributed by atoms with van der Waals surface area (Å²) >= 11 is 8.85. The molecular weight excluding hydrogens is 294 g/mol. The summed E-state index contributed by atoms with van der Waals surface area (Å²) in [6, 6.07) is 3.06. The third-order valence-corrected chi connectivity index (χ3v) is 3.87. The molecular formula is C12H9BrClFO. The van der Waals surface area contributed by atoms with Crippen LogP contribution in [0, 0.1) is 5.82 Å². The predicted molar refractivity (Wildman–Crippen MR) is 65.4 cm³/mol. The van der Waals surface area contributed by atoms with E-state index in [-0.39, 0.29) is 16.4 Å². The molecule has 0 N–H and O–H groups in total. The van der Waals surface area contributed by atoms with Crippen molar-refractivity contribution >= 4 is 33.3 Å². The molecule has 0 spiro atoms. The summed E-state index contributed by atoms with van der Waals surface area (Å²) in [5.74, 6) is -0.891. The van der Waals surface area contributed by atoms with Crippen LogP contribution in [0.2, 0.25) is 5.02 Å². The summed E-state index contributed by atoms with van der Waals surface area (Å²) in [4.78, 5) is 11.9. The van der Waals surface area contributed by atoms with E-state index in [1.807, 2.05) is 6.08 Å². The highest BCUT2D eigenvalue weighted by Crippen LogP contribution is 2.30. The minimum Gasteiger partial charge on any atom is -0.289 e. The molecule has 0 unspecified atom stereocenters. The second kappa shape index (κ2) is 4.68. The summed E-state index contributed by atoms with van der Waals surface area (Å²) in [5, 5.41) is -0.0375. The summed E-state index contributed by atoms with van der Waals surface area (Å²) < 4.78 is 14.2. The molecule has 1 nitrogen and oxygen atoms in total. The maximum Gasteiger partial charge on any atom is 0.191 e. The van der Waals surface area contributed by atoms with Crippen molar-refractivity contribution in [2.75, 3.05) is 0 Å². The smallest absolute Gasteiger partial charge is 0.191 e. The Hall–Kier alpha value is -0.670. The molecule has 0 radical (unpaired) electrons. The SMILES string of the molecule is O=C(C1=CCCC1)c1ccc(Br)c(Cl)c1F. The van der Waals surface area contributed by atoms with Crippen molar-refractivity contribution < 1.29 is 9.18 Å². The fraction of sp³-hybridized carbons (Fsp3) is 0.250. The lowest BCUT2D eigenvalue weighted by molar-refractivity contribution is 0.102. The molecule has 1 aliphatic carbocycles. The lowest BCUT2D eigenvalue weighted by Gasteiger charge is -2.05. The van der Waals surface area contributed by atoms with Gasteiger partial charge in [-0.1, -0.05) is 17.7 Å². The van der Waals surface area contributed by atoms with Gasteiger partial charge in [0.25, 0.3) is 0 Å². The van der Waals surface area contributed by atoms with Crippen LogP contribution >= 0.6 is 27.5 Å². The minimum atomic E-state index is -0.645. The molecule has 0 amide bonds. The molecule has 0 bridgehead atoms. The molecule has 4 heteroatoms. The number of hydrogen-bond donors (Lipinski definition) is 0. The average molecular weight is 304 g/mol. The van der Waals surface area contributed by atoms with Crippen LogP contribution in [0.5, 0.6) is 0 Å². The van der Waals surface area contributed by atoms with Gasteiger partial charge in [0.2, 0.25) is 0 Å². The van der Waals surface area contributed by atoms with Crippen LogP contribution in [0.1, 0.15) is 29.6 Å². The first-order valence-electron chi connectivity index (χ1n) is 4.98. The zero-order valence-corrected chi connectivity index (χ0v) is 10.7. The van der Waals surface area contributed by atoms with Gasteiger partial charge in [-0.15, -0.1) is 0 Å². The molecule has 1 aromatic carbocycles. The van der Waals surface area contributed by atoms with Gasteiger partial charge in [0.1, 0.15) is 0 Å². The van der Waals surface area contributed by atoms with Gasteiger partial charge < -0.3 is 0 Å². The van der Waals surface area contributed by atoms with Crippen LogP contribution in [0.4, 0.5) is 4.39 Å². The number of carbonyl (C=O) groups is 1. The van der Waals surface area contributed by atoms with Crippen molar-refractivity contribution in [3.8, 4) is 0 Å². The van der Waals surface area contributed by atoms with Crippen LogP contribution in [0.3, 0.4) is 0 Å². The van der Waals surface area contributed by atoms with E-state index in [4.69, 9.17) is 11.6 Å². The number of Topliss-reactive ketones (excluding diaryl/α,β-unsaturated/α-hetero) is 1. The molecule has 0 saturated heterocycles. The lowest BCUT2D eigenvalue weighted by Crippen LogP contribution is -2.05. The number of hydrogen-bond acceptors (Lipinski definition) is 1. The zero-order valence-electron chi connectivity index (χ0n) is 8.40. The molecule has 0 fully saturated rings. The molecule has 0 atom stereocenters. The number of allylic oxidation sites excluding steroid dienone is 2. The Labute approximate surface area is 106 Å². The van der Waals surface area contributed by atoms with Crippen molar-refractivity contribution in [3.63, 3.8) is 0 Å². The predicted octanol–water partition coefficient (Wildman–Crippen LogP) is 4.53. The van der Waals surface area contributed by atoms with E-state index in [9.17, 15) is 9.18 Å². The number of halogens is 3. The van der Waals surface area contributed by atoms with Gasteiger partial charge in [0.05, 0.1) is 10.6 Å². The maximum absolute atomic E-state index is 13.8. The molecule has 1 aliphatic rings. The van der Waals surface area contributed by atoms with Gasteiger partial charge in [-0.3, -0.25) is 4.79 Å². The Kier molecular flexibility index (Phi) is 3.45. The molecule has 2 rings (SSSR count). The Bertz CT molecular complexity index is 482. The maximum atomic E-state index is 13.8. The number of carbonyl (C=O) groups excluding carboxylic acids is 1. The Morgan fingerprint density at radius 2 is 2.19 bits per heavy atom. The third-order valence-electron chi connectivity index (χ3n) is 2.61. The molecule has 0 heterocycles. The minimum absolute atomic E-state index is 0.0375. The number of ketones is 1. The second-order valence-electron chi connectivity index (χ2n) is 3.67. The van der Waals surface area contributed by atoms with Crippen molar-refractivity contribution in [3.05, 3.63) is 44.7 Å². The largest absolute Gasteiger partial charge is 0.289 e. The van der Waals surface area contributed by atoms with E-state index < -0.39 is 5.82 Å². The fourth-order valence-electron chi connectivity index (χ4n) is 1.75. The van der Waals surface area contributed by atoms with Gasteiger partial charge in [-0.2, -0.15) is 0 Å². The highest BCUT2D eigenvalue weighted by molar-refractivity contribution is 9.10. The summed E-state index contributed by atoms with van der Waals surface area (Å²) in [7, 11) is 0. The molecule has 0 saturated carbocycles. The third kappa shape index (κ3) is 2.06. The Morgan fingerprint density at radius 3 is 2.81 bits per heavy atom. The second-order valence-corrected chi connectivity index (χ2v) is 4.91. The number of rotatable bonds is 2. The van der Waals surface area contributed by atoms with Gasteiger partial charge in [0.15, 0.2) is 11.6 Å². The van der Waals surface area contributed by atoms with Crippen molar-refractivity contribution in [1.82, 2.24) is 0 Å². The first-order chi connectivity index (χ1) is 7.61. The van der Waals surface area contributed by atoms with Gasteiger partial charge in [-0.25, -0.2) is 4.39 Å². The normalized spacial score (nSPS) is 15.1. The highest BCUT2D eigenvalue weighted by Gasteiger charge is 2.21. The zero-order chi connectivity index (χ0) is 11.7. The van der Waals surface area contributed by atoms with E-state index in [0.717, 1.165) is 19.3 Å². The standard InChI is InChI=1S/C12H9BrClFO/c13-9-6-5-8(11(15)10(9)14)12(16)7-3-1-2-4-7/h3,5-6H,1-2,4H2. The molecule has 0 aliphatic heterocycles. The molecule has 84 valence electrons. The van der Waals surface area contributed by atoms with Crippen LogP contribution in [-0.2, 0) is 0 Å². The lowest BCUT2D eigenvalue weighted by atomic mass is 10.0. The van der Waals surface area contributed by atoms with Gasteiger partial charge >= 0.3 is 0 Å². The monoisotopic (exact) mass is 302 g/mol. The molecule has 1 aromatic rings. The number of benzene rings is 1. The topological polar surface area (TPSA) is 17.1 Å². The van der Waals surface area contributed by atoms with Crippen molar-refractivity contribution in [1.29, 1.82) is 0 Å². The Balaban J connectivity index is 2.41. The average Bonchev–Trinajstić information content (AvgIpc) is 2.79. The van der Waals surface area contributed by atoms with E-state index in [1.165, 1.54) is 6.07 Å². The molecule has 16 heavy (non-hydrogen) atoms. The van der Waals surface area contributed by atoms with E-state index in [0.29, 0.717) is 10.0 Å². The van der Waals surface area contributed by atoms with Crippen LogP contribution in [0.25, 0.3) is 0 Å². The quantitative estimate of drug-likeness (QED) is 0.579. The first-order valence-corrected chi connectivity index (χ1v) is 6.15. The van der Waals surface area contributed by atoms with Crippen molar-refractivity contribution in [2.24, 2.45) is 0 Å². The van der Waals surface area contributed by atoms with Crippen LogP contribution < -0.4 is 0 Å². The van der Waals surface area contributed by atoms with Gasteiger partial charge in [-0.05, 0) is 52.9 Å². The summed E-state index contributed by atoms with van der Waals surface area (Å²) in [6.45, 7) is 0. The van der Waals surface area contributed by atoms with E-state index >= 15 is 0 Å². The molecule has 0 aromatic heterocycles. The van der Waals surface area contributed by atoms with Crippen LogP contribution in [0.15, 0.2) is 28.3 Å². The van der Waals surface area contributed by atoms with Gasteiger partial charge in [0, 0.05) is 4.47 Å². The Morgan fingerprint density at radius 1 is 1.44 bits per heavy atom. The fourth-order valence-corrected chi connectivity index (χ4v) is 2.22. The first kappa shape index (κ1) is 11.8.